The fraction of sp³-hybridized carbons (Fsp3) is 0.588. The Bertz CT molecular complexity index is 510. The molecule has 1 aliphatic heterocycles. The minimum Gasteiger partial charge on any atom is -0.369 e. The molecule has 1 heterocycles. The lowest BCUT2D eigenvalue weighted by molar-refractivity contribution is -0.129. The monoisotopic (exact) mass is 308 g/mol. The third-order valence-corrected chi connectivity index (χ3v) is 4.08. The summed E-state index contributed by atoms with van der Waals surface area (Å²) in [4.78, 5) is 14.5. The van der Waals surface area contributed by atoms with Crippen molar-refractivity contribution in [2.24, 2.45) is 11.3 Å². The van der Waals surface area contributed by atoms with Crippen molar-refractivity contribution < 1.29 is 4.79 Å². The second-order valence-electron chi connectivity index (χ2n) is 7.15. The minimum absolute atomic E-state index is 0.118. The van der Waals surface area contributed by atoms with E-state index in [1.807, 2.05) is 39.0 Å². The molecular weight excluding hydrogens is 284 g/mol. The van der Waals surface area contributed by atoms with E-state index in [0.717, 1.165) is 30.2 Å². The maximum Gasteiger partial charge on any atom is 0.225 e. The molecule has 3 nitrogen and oxygen atoms in total. The highest BCUT2D eigenvalue weighted by molar-refractivity contribution is 6.30. The van der Waals surface area contributed by atoms with Gasteiger partial charge < -0.3 is 10.2 Å². The summed E-state index contributed by atoms with van der Waals surface area (Å²) in [6.07, 6.45) is 1.03. The first-order valence-electron chi connectivity index (χ1n) is 7.57. The Morgan fingerprint density at radius 2 is 2.05 bits per heavy atom. The van der Waals surface area contributed by atoms with Gasteiger partial charge in [-0.25, -0.2) is 0 Å². The summed E-state index contributed by atoms with van der Waals surface area (Å²) in [6, 6.07) is 8.12. The number of hydrogen-bond acceptors (Lipinski definition) is 2. The molecule has 1 aromatic rings. The highest BCUT2D eigenvalue weighted by Crippen LogP contribution is 2.26. The van der Waals surface area contributed by atoms with Crippen LogP contribution in [0.25, 0.3) is 0 Å². The molecule has 2 rings (SSSR count). The summed E-state index contributed by atoms with van der Waals surface area (Å²) in [5.74, 6) is 0.663. The second-order valence-corrected chi connectivity index (χ2v) is 7.58. The SMILES string of the molecule is CC1CC(NC(=O)C(C)(C)C)CN(c2cccc(Cl)c2)C1. The molecule has 0 aromatic heterocycles. The highest BCUT2D eigenvalue weighted by atomic mass is 35.5. The van der Waals surface area contributed by atoms with E-state index in [1.165, 1.54) is 0 Å². The first-order valence-corrected chi connectivity index (χ1v) is 7.95. The largest absolute Gasteiger partial charge is 0.369 e. The maximum atomic E-state index is 12.2. The molecule has 116 valence electrons. The number of carbonyl (C=O) groups is 1. The van der Waals surface area contributed by atoms with Crippen LogP contribution in [-0.2, 0) is 4.79 Å². The summed E-state index contributed by atoms with van der Waals surface area (Å²) in [5, 5.41) is 3.94. The van der Waals surface area contributed by atoms with Gasteiger partial charge in [0.15, 0.2) is 0 Å². The van der Waals surface area contributed by atoms with E-state index in [0.29, 0.717) is 5.92 Å². The standard InChI is InChI=1S/C17H25ClN2O/c1-12-8-14(19-16(21)17(2,3)4)11-20(10-12)15-7-5-6-13(18)9-15/h5-7,9,12,14H,8,10-11H2,1-4H3,(H,19,21). The predicted molar refractivity (Wildman–Crippen MR) is 88.8 cm³/mol. The van der Waals surface area contributed by atoms with Crippen LogP contribution in [0.2, 0.25) is 5.02 Å². The van der Waals surface area contributed by atoms with Crippen molar-refractivity contribution >= 4 is 23.2 Å². The average molecular weight is 309 g/mol. The van der Waals surface area contributed by atoms with Crippen molar-refractivity contribution in [3.05, 3.63) is 29.3 Å². The van der Waals surface area contributed by atoms with Crippen molar-refractivity contribution in [1.29, 1.82) is 0 Å². The number of rotatable bonds is 2. The van der Waals surface area contributed by atoms with Crippen molar-refractivity contribution in [3.63, 3.8) is 0 Å². The number of halogens is 1. The normalized spacial score (nSPS) is 23.0. The first-order chi connectivity index (χ1) is 9.75. The van der Waals surface area contributed by atoms with Gasteiger partial charge in [0.25, 0.3) is 0 Å². The van der Waals surface area contributed by atoms with Crippen molar-refractivity contribution in [1.82, 2.24) is 5.32 Å². The van der Waals surface area contributed by atoms with Crippen LogP contribution in [0.15, 0.2) is 24.3 Å². The number of piperidine rings is 1. The van der Waals surface area contributed by atoms with Gasteiger partial charge in [-0.2, -0.15) is 0 Å². The van der Waals surface area contributed by atoms with E-state index in [-0.39, 0.29) is 17.4 Å². The van der Waals surface area contributed by atoms with Crippen LogP contribution >= 0.6 is 11.6 Å². The molecule has 1 amide bonds. The van der Waals surface area contributed by atoms with Crippen LogP contribution in [0.5, 0.6) is 0 Å². The molecule has 2 unspecified atom stereocenters. The molecule has 0 aliphatic carbocycles. The lowest BCUT2D eigenvalue weighted by Crippen LogP contribution is -2.52. The van der Waals surface area contributed by atoms with Gasteiger partial charge in [0, 0.05) is 35.3 Å². The molecule has 21 heavy (non-hydrogen) atoms. The third kappa shape index (κ3) is 4.37. The third-order valence-electron chi connectivity index (χ3n) is 3.85. The smallest absolute Gasteiger partial charge is 0.225 e. The van der Waals surface area contributed by atoms with Crippen LogP contribution in [-0.4, -0.2) is 25.0 Å². The summed E-state index contributed by atoms with van der Waals surface area (Å²) in [5.41, 5.74) is 0.783. The van der Waals surface area contributed by atoms with Gasteiger partial charge in [-0.3, -0.25) is 4.79 Å². The Morgan fingerprint density at radius 1 is 1.33 bits per heavy atom. The zero-order chi connectivity index (χ0) is 15.6. The van der Waals surface area contributed by atoms with Gasteiger partial charge in [0.1, 0.15) is 0 Å². The van der Waals surface area contributed by atoms with Gasteiger partial charge in [-0.1, -0.05) is 45.4 Å². The summed E-state index contributed by atoms with van der Waals surface area (Å²) >= 11 is 6.08. The fourth-order valence-electron chi connectivity index (χ4n) is 2.74. The van der Waals surface area contributed by atoms with E-state index >= 15 is 0 Å². The van der Waals surface area contributed by atoms with Gasteiger partial charge in [-0.15, -0.1) is 0 Å². The number of hydrogen-bond donors (Lipinski definition) is 1. The molecule has 0 saturated carbocycles. The Morgan fingerprint density at radius 3 is 2.67 bits per heavy atom. The van der Waals surface area contributed by atoms with Crippen molar-refractivity contribution in [3.8, 4) is 0 Å². The first kappa shape index (κ1) is 16.2. The van der Waals surface area contributed by atoms with Gasteiger partial charge in [0.2, 0.25) is 5.91 Å². The van der Waals surface area contributed by atoms with Gasteiger partial charge in [-0.05, 0) is 30.5 Å². The van der Waals surface area contributed by atoms with Crippen LogP contribution < -0.4 is 10.2 Å². The number of carbonyl (C=O) groups excluding carboxylic acids is 1. The zero-order valence-electron chi connectivity index (χ0n) is 13.3. The summed E-state index contributed by atoms with van der Waals surface area (Å²) in [7, 11) is 0. The molecule has 1 fully saturated rings. The molecular formula is C17H25ClN2O. The number of benzene rings is 1. The second kappa shape index (κ2) is 6.27. The molecule has 1 aromatic carbocycles. The van der Waals surface area contributed by atoms with E-state index in [2.05, 4.69) is 23.2 Å². The molecule has 2 atom stereocenters. The maximum absolute atomic E-state index is 12.2. The van der Waals surface area contributed by atoms with Crippen LogP contribution in [0.1, 0.15) is 34.1 Å². The van der Waals surface area contributed by atoms with E-state index in [9.17, 15) is 4.79 Å². The summed E-state index contributed by atoms with van der Waals surface area (Å²) < 4.78 is 0. The number of nitrogens with zero attached hydrogens (tertiary/aromatic N) is 1. The van der Waals surface area contributed by atoms with Crippen LogP contribution in [0, 0.1) is 11.3 Å². The Balaban J connectivity index is 2.07. The van der Waals surface area contributed by atoms with Crippen molar-refractivity contribution in [2.45, 2.75) is 40.2 Å². The van der Waals surface area contributed by atoms with E-state index < -0.39 is 0 Å². The zero-order valence-corrected chi connectivity index (χ0v) is 14.1. The molecule has 1 aliphatic rings. The lowest BCUT2D eigenvalue weighted by Gasteiger charge is -2.39. The summed E-state index contributed by atoms with van der Waals surface area (Å²) in [6.45, 7) is 9.91. The van der Waals surface area contributed by atoms with Crippen molar-refractivity contribution in [2.75, 3.05) is 18.0 Å². The Labute approximate surface area is 132 Å². The predicted octanol–water partition coefficient (Wildman–Crippen LogP) is 3.72. The van der Waals surface area contributed by atoms with Gasteiger partial charge in [0.05, 0.1) is 0 Å². The van der Waals surface area contributed by atoms with Crippen LogP contribution in [0.3, 0.4) is 0 Å². The highest BCUT2D eigenvalue weighted by Gasteiger charge is 2.29. The molecule has 1 N–H and O–H groups in total. The van der Waals surface area contributed by atoms with Crippen LogP contribution in [0.4, 0.5) is 5.69 Å². The molecule has 0 bridgehead atoms. The topological polar surface area (TPSA) is 32.3 Å². The molecule has 0 spiro atoms. The van der Waals surface area contributed by atoms with E-state index in [1.54, 1.807) is 0 Å². The molecule has 0 radical (unpaired) electrons. The molecule has 4 heteroatoms. The Hall–Kier alpha value is -1.22. The lowest BCUT2D eigenvalue weighted by atomic mass is 9.92. The number of nitrogens with one attached hydrogen (secondary N) is 1. The fourth-order valence-corrected chi connectivity index (χ4v) is 2.93. The minimum atomic E-state index is -0.346. The number of amides is 1. The van der Waals surface area contributed by atoms with E-state index in [4.69, 9.17) is 11.6 Å². The Kier molecular flexibility index (Phi) is 4.82. The van der Waals surface area contributed by atoms with Gasteiger partial charge >= 0.3 is 0 Å². The number of anilines is 1. The quantitative estimate of drug-likeness (QED) is 0.903. The average Bonchev–Trinajstić information content (AvgIpc) is 2.37. The molecule has 1 saturated heterocycles.